The summed E-state index contributed by atoms with van der Waals surface area (Å²) < 4.78 is 77.9. The van der Waals surface area contributed by atoms with Gasteiger partial charge in [-0.25, -0.2) is 0 Å². The van der Waals surface area contributed by atoms with E-state index in [2.05, 4.69) is 4.98 Å². The van der Waals surface area contributed by atoms with Crippen molar-refractivity contribution < 1.29 is 26.3 Å². The smallest absolute Gasteiger partial charge is 0.256 e. The Labute approximate surface area is 116 Å². The number of nitrogens with zero attached hydrogens (tertiary/aromatic N) is 1. The molecule has 0 aliphatic heterocycles. The number of halogens is 6. The summed E-state index contributed by atoms with van der Waals surface area (Å²) in [6.07, 6.45) is -8.42. The van der Waals surface area contributed by atoms with Crippen LogP contribution in [0.3, 0.4) is 0 Å². The van der Waals surface area contributed by atoms with Gasteiger partial charge in [0.1, 0.15) is 0 Å². The first kappa shape index (κ1) is 15.6. The molecule has 0 fully saturated rings. The molecule has 21 heavy (non-hydrogen) atoms. The number of benzene rings is 1. The molecular weight excluding hydrogens is 296 g/mol. The number of rotatable bonds is 1. The zero-order chi connectivity index (χ0) is 16.0. The van der Waals surface area contributed by atoms with Crippen molar-refractivity contribution in [3.63, 3.8) is 0 Å². The van der Waals surface area contributed by atoms with Gasteiger partial charge in [0.15, 0.2) is 0 Å². The Hall–Kier alpha value is -1.79. The molecule has 1 aromatic heterocycles. The summed E-state index contributed by atoms with van der Waals surface area (Å²) in [6.45, 7) is 3.00. The van der Waals surface area contributed by atoms with E-state index >= 15 is 0 Å². The van der Waals surface area contributed by atoms with Crippen LogP contribution in [0.15, 0.2) is 24.4 Å². The number of pyridine rings is 1. The lowest BCUT2D eigenvalue weighted by Gasteiger charge is -2.18. The maximum Gasteiger partial charge on any atom is 0.417 e. The van der Waals surface area contributed by atoms with Crippen LogP contribution in [0.4, 0.5) is 26.3 Å². The van der Waals surface area contributed by atoms with Crippen LogP contribution >= 0.6 is 0 Å². The third-order valence-corrected chi connectivity index (χ3v) is 3.15. The van der Waals surface area contributed by atoms with Crippen molar-refractivity contribution in [3.8, 4) is 0 Å². The monoisotopic (exact) mass is 307 g/mol. The highest BCUT2D eigenvalue weighted by molar-refractivity contribution is 5.84. The summed E-state index contributed by atoms with van der Waals surface area (Å²) in [5.41, 5.74) is -2.42. The molecule has 0 saturated carbocycles. The summed E-state index contributed by atoms with van der Waals surface area (Å²) in [4.78, 5) is 3.63. The Bertz CT molecular complexity index is 669. The average Bonchev–Trinajstić information content (AvgIpc) is 2.34. The summed E-state index contributed by atoms with van der Waals surface area (Å²) in [5.74, 6) is -0.563. The predicted molar refractivity (Wildman–Crippen MR) is 65.8 cm³/mol. The maximum absolute atomic E-state index is 13.0. The number of hydrogen-bond acceptors (Lipinski definition) is 1. The minimum atomic E-state index is -4.64. The van der Waals surface area contributed by atoms with Gasteiger partial charge in [0.25, 0.3) is 0 Å². The standard InChI is InChI=1S/C14H11F6N/c1-7(2)8-5-9-10(13(15,16)17)3-4-21-12(9)6-11(8)14(18,19)20/h3-7H,1-2H3. The molecule has 0 aliphatic rings. The molecule has 2 rings (SSSR count). The Kier molecular flexibility index (Phi) is 3.63. The van der Waals surface area contributed by atoms with Crippen LogP contribution in [0.1, 0.15) is 36.5 Å². The second-order valence-electron chi connectivity index (χ2n) is 4.97. The van der Waals surface area contributed by atoms with E-state index in [-0.39, 0.29) is 16.5 Å². The van der Waals surface area contributed by atoms with Gasteiger partial charge in [-0.3, -0.25) is 4.98 Å². The molecule has 114 valence electrons. The van der Waals surface area contributed by atoms with Crippen molar-refractivity contribution >= 4 is 10.9 Å². The van der Waals surface area contributed by atoms with Gasteiger partial charge in [-0.15, -0.1) is 0 Å². The van der Waals surface area contributed by atoms with Gasteiger partial charge in [0, 0.05) is 11.6 Å². The van der Waals surface area contributed by atoms with Crippen LogP contribution in [0, 0.1) is 0 Å². The van der Waals surface area contributed by atoms with Crippen molar-refractivity contribution in [1.82, 2.24) is 4.98 Å². The highest BCUT2D eigenvalue weighted by Crippen LogP contribution is 2.40. The summed E-state index contributed by atoms with van der Waals surface area (Å²) in [6, 6.07) is 2.39. The second kappa shape index (κ2) is 4.89. The highest BCUT2D eigenvalue weighted by Gasteiger charge is 2.37. The van der Waals surface area contributed by atoms with E-state index in [1.165, 1.54) is 13.8 Å². The van der Waals surface area contributed by atoms with E-state index in [1.807, 2.05) is 0 Å². The molecule has 0 unspecified atom stereocenters. The van der Waals surface area contributed by atoms with Crippen molar-refractivity contribution in [2.75, 3.05) is 0 Å². The maximum atomic E-state index is 13.0. The highest BCUT2D eigenvalue weighted by atomic mass is 19.4. The Balaban J connectivity index is 2.85. The van der Waals surface area contributed by atoms with Crippen LogP contribution in [0.2, 0.25) is 0 Å². The van der Waals surface area contributed by atoms with Gasteiger partial charge in [0.2, 0.25) is 0 Å². The number of hydrogen-bond donors (Lipinski definition) is 0. The van der Waals surface area contributed by atoms with Crippen LogP contribution < -0.4 is 0 Å². The Morgan fingerprint density at radius 3 is 1.95 bits per heavy atom. The minimum absolute atomic E-state index is 0.173. The van der Waals surface area contributed by atoms with E-state index < -0.39 is 29.4 Å². The minimum Gasteiger partial charge on any atom is -0.256 e. The molecule has 0 amide bonds. The van der Waals surface area contributed by atoms with Crippen LogP contribution in [0.5, 0.6) is 0 Å². The first-order chi connectivity index (χ1) is 9.51. The SMILES string of the molecule is CC(C)c1cc2c(C(F)(F)F)ccnc2cc1C(F)(F)F. The van der Waals surface area contributed by atoms with Crippen LogP contribution in [0.25, 0.3) is 10.9 Å². The second-order valence-corrected chi connectivity index (χ2v) is 4.97. The van der Waals surface area contributed by atoms with E-state index in [1.54, 1.807) is 0 Å². The molecule has 0 radical (unpaired) electrons. The van der Waals surface area contributed by atoms with Crippen LogP contribution in [-0.2, 0) is 12.4 Å². The molecule has 0 aliphatic carbocycles. The first-order valence-corrected chi connectivity index (χ1v) is 6.09. The van der Waals surface area contributed by atoms with E-state index in [9.17, 15) is 26.3 Å². The molecule has 1 heterocycles. The lowest BCUT2D eigenvalue weighted by atomic mass is 9.93. The predicted octanol–water partition coefficient (Wildman–Crippen LogP) is 5.40. The molecule has 0 bridgehead atoms. The number of aromatic nitrogens is 1. The molecule has 1 aromatic carbocycles. The quantitative estimate of drug-likeness (QED) is 0.643. The first-order valence-electron chi connectivity index (χ1n) is 6.09. The lowest BCUT2D eigenvalue weighted by Crippen LogP contribution is -2.12. The van der Waals surface area contributed by atoms with Gasteiger partial charge < -0.3 is 0 Å². The fraction of sp³-hybridized carbons (Fsp3) is 0.357. The fourth-order valence-electron chi connectivity index (χ4n) is 2.18. The summed E-state index contributed by atoms with van der Waals surface area (Å²) in [7, 11) is 0. The van der Waals surface area contributed by atoms with Crippen LogP contribution in [-0.4, -0.2) is 4.98 Å². The number of fused-ring (bicyclic) bond motifs is 1. The zero-order valence-corrected chi connectivity index (χ0v) is 11.1. The van der Waals surface area contributed by atoms with Crippen molar-refractivity contribution in [1.29, 1.82) is 0 Å². The molecule has 2 aromatic rings. The van der Waals surface area contributed by atoms with E-state index in [0.29, 0.717) is 6.07 Å². The van der Waals surface area contributed by atoms with Crippen molar-refractivity contribution in [2.45, 2.75) is 32.1 Å². The lowest BCUT2D eigenvalue weighted by molar-refractivity contribution is -0.138. The summed E-state index contributed by atoms with van der Waals surface area (Å²) >= 11 is 0. The third-order valence-electron chi connectivity index (χ3n) is 3.15. The molecule has 0 saturated heterocycles. The van der Waals surface area contributed by atoms with Gasteiger partial charge in [0.05, 0.1) is 16.6 Å². The summed E-state index contributed by atoms with van der Waals surface area (Å²) in [5, 5.41) is -0.318. The van der Waals surface area contributed by atoms with Gasteiger partial charge in [-0.05, 0) is 29.7 Å². The topological polar surface area (TPSA) is 12.9 Å². The van der Waals surface area contributed by atoms with Crippen molar-refractivity contribution in [3.05, 3.63) is 41.1 Å². The van der Waals surface area contributed by atoms with Gasteiger partial charge >= 0.3 is 12.4 Å². The molecule has 0 N–H and O–H groups in total. The largest absolute Gasteiger partial charge is 0.417 e. The Morgan fingerprint density at radius 2 is 1.48 bits per heavy atom. The average molecular weight is 307 g/mol. The molecule has 7 heteroatoms. The molecule has 0 atom stereocenters. The third kappa shape index (κ3) is 2.96. The molecule has 0 spiro atoms. The van der Waals surface area contributed by atoms with Gasteiger partial charge in [-0.1, -0.05) is 13.8 Å². The van der Waals surface area contributed by atoms with Gasteiger partial charge in [-0.2, -0.15) is 26.3 Å². The van der Waals surface area contributed by atoms with E-state index in [4.69, 9.17) is 0 Å². The number of alkyl halides is 6. The molecular formula is C14H11F6N. The zero-order valence-electron chi connectivity index (χ0n) is 11.1. The van der Waals surface area contributed by atoms with Crippen molar-refractivity contribution in [2.24, 2.45) is 0 Å². The Morgan fingerprint density at radius 1 is 0.905 bits per heavy atom. The van der Waals surface area contributed by atoms with E-state index in [0.717, 1.165) is 18.3 Å². The normalized spacial score (nSPS) is 13.2. The molecule has 1 nitrogen and oxygen atoms in total. The fourth-order valence-corrected chi connectivity index (χ4v) is 2.18.